The van der Waals surface area contributed by atoms with Gasteiger partial charge in [0.1, 0.15) is 6.54 Å². The molecule has 0 unspecified atom stereocenters. The van der Waals surface area contributed by atoms with E-state index in [1.807, 2.05) is 32.9 Å². The maximum absolute atomic E-state index is 12.8. The predicted molar refractivity (Wildman–Crippen MR) is 125 cm³/mol. The third-order valence-electron chi connectivity index (χ3n) is 5.36. The van der Waals surface area contributed by atoms with Crippen molar-refractivity contribution in [1.82, 2.24) is 0 Å². The molecule has 30 heavy (non-hydrogen) atoms. The van der Waals surface area contributed by atoms with Crippen molar-refractivity contribution < 1.29 is 19.5 Å². The van der Waals surface area contributed by atoms with Gasteiger partial charge in [0.25, 0.3) is 0 Å². The molecule has 0 aliphatic heterocycles. The molecule has 0 atom stereocenters. The lowest BCUT2D eigenvalue weighted by molar-refractivity contribution is -0.136. The summed E-state index contributed by atoms with van der Waals surface area (Å²) in [5.41, 5.74) is 3.37. The highest BCUT2D eigenvalue weighted by molar-refractivity contribution is 8.14. The number of amides is 1. The Kier molecular flexibility index (Phi) is 12.4. The van der Waals surface area contributed by atoms with Gasteiger partial charge in [0.05, 0.1) is 11.4 Å². The molecule has 0 spiro atoms. The molecule has 0 aliphatic rings. The number of rotatable bonds is 14. The average molecular weight is 436 g/mol. The first kappa shape index (κ1) is 26.2. The number of aryl methyl sites for hydroxylation is 2. The number of carbonyl (C=O) groups excluding carboxylic acids is 2. The molecular formula is C24H37NO4S. The van der Waals surface area contributed by atoms with Crippen LogP contribution >= 0.6 is 11.8 Å². The van der Waals surface area contributed by atoms with E-state index < -0.39 is 12.5 Å². The summed E-state index contributed by atoms with van der Waals surface area (Å²) in [6, 6.07) is 3.85. The number of nitrogens with zero attached hydrogens (tertiary/aromatic N) is 1. The Morgan fingerprint density at radius 3 is 2.07 bits per heavy atom. The number of hydrogen-bond donors (Lipinski definition) is 1. The van der Waals surface area contributed by atoms with E-state index in [-0.39, 0.29) is 16.8 Å². The van der Waals surface area contributed by atoms with Crippen LogP contribution in [0.2, 0.25) is 0 Å². The summed E-state index contributed by atoms with van der Waals surface area (Å²) in [6.45, 7) is 7.49. The van der Waals surface area contributed by atoms with E-state index in [0.717, 1.165) is 47.7 Å². The summed E-state index contributed by atoms with van der Waals surface area (Å²) in [5, 5.41) is 9.29. The molecule has 0 aliphatic carbocycles. The SMILES string of the molecule is CCCCCCCCCCC(=O)SCC(=O)N(CC(=O)O)c1c(C)ccc(C)c1C. The normalized spacial score (nSPS) is 10.8. The largest absolute Gasteiger partial charge is 0.480 e. The van der Waals surface area contributed by atoms with Gasteiger partial charge in [0.15, 0.2) is 5.12 Å². The smallest absolute Gasteiger partial charge is 0.323 e. The summed E-state index contributed by atoms with van der Waals surface area (Å²) in [5.74, 6) is -1.45. The van der Waals surface area contributed by atoms with E-state index in [1.54, 1.807) is 0 Å². The molecule has 168 valence electrons. The van der Waals surface area contributed by atoms with Crippen molar-refractivity contribution in [3.8, 4) is 0 Å². The number of hydrogen-bond acceptors (Lipinski definition) is 4. The van der Waals surface area contributed by atoms with Crippen molar-refractivity contribution in [3.05, 3.63) is 28.8 Å². The number of carboxylic acids is 1. The standard InChI is InChI=1S/C24H37NO4S/c1-5-6-7-8-9-10-11-12-13-23(29)30-17-21(26)25(16-22(27)28)24-19(3)15-14-18(2)20(24)4/h14-15H,5-13,16-17H2,1-4H3,(H,27,28). The van der Waals surface area contributed by atoms with Crippen LogP contribution in [0.25, 0.3) is 0 Å². The molecule has 0 radical (unpaired) electrons. The van der Waals surface area contributed by atoms with Crippen molar-refractivity contribution in [2.45, 2.75) is 85.5 Å². The van der Waals surface area contributed by atoms with Gasteiger partial charge in [-0.05, 0) is 43.9 Å². The molecule has 1 rings (SSSR count). The third kappa shape index (κ3) is 9.33. The van der Waals surface area contributed by atoms with Gasteiger partial charge >= 0.3 is 5.97 Å². The Labute approximate surface area is 185 Å². The molecule has 1 amide bonds. The van der Waals surface area contributed by atoms with Crippen LogP contribution in [0.15, 0.2) is 12.1 Å². The first-order chi connectivity index (χ1) is 14.3. The molecule has 0 fully saturated rings. The maximum Gasteiger partial charge on any atom is 0.323 e. The number of anilines is 1. The first-order valence-electron chi connectivity index (χ1n) is 11.0. The van der Waals surface area contributed by atoms with Gasteiger partial charge in [0.2, 0.25) is 5.91 Å². The van der Waals surface area contributed by atoms with Crippen molar-refractivity contribution in [3.63, 3.8) is 0 Å². The van der Waals surface area contributed by atoms with Crippen molar-refractivity contribution in [2.75, 3.05) is 17.2 Å². The van der Waals surface area contributed by atoms with Crippen LogP contribution in [0.1, 0.15) is 81.4 Å². The fourth-order valence-electron chi connectivity index (χ4n) is 3.47. The minimum atomic E-state index is -1.07. The predicted octanol–water partition coefficient (Wildman–Crippen LogP) is 5.82. The molecule has 1 aromatic rings. The Hall–Kier alpha value is -1.82. The van der Waals surface area contributed by atoms with Crippen LogP contribution in [0.5, 0.6) is 0 Å². The minimum absolute atomic E-state index is 0.00212. The number of benzene rings is 1. The van der Waals surface area contributed by atoms with Crippen LogP contribution in [-0.2, 0) is 14.4 Å². The Balaban J connectivity index is 2.52. The Morgan fingerprint density at radius 2 is 1.47 bits per heavy atom. The molecule has 0 bridgehead atoms. The lowest BCUT2D eigenvalue weighted by Gasteiger charge is -2.25. The summed E-state index contributed by atoms with van der Waals surface area (Å²) in [6.07, 6.45) is 9.83. The van der Waals surface area contributed by atoms with Crippen molar-refractivity contribution >= 4 is 34.4 Å². The molecule has 0 saturated heterocycles. The van der Waals surface area contributed by atoms with Crippen LogP contribution in [0.4, 0.5) is 5.69 Å². The van der Waals surface area contributed by atoms with Crippen LogP contribution in [0, 0.1) is 20.8 Å². The molecule has 0 saturated carbocycles. The quantitative estimate of drug-likeness (QED) is 0.373. The maximum atomic E-state index is 12.8. The van der Waals surface area contributed by atoms with Crippen molar-refractivity contribution in [1.29, 1.82) is 0 Å². The van der Waals surface area contributed by atoms with Gasteiger partial charge in [-0.15, -0.1) is 0 Å². The zero-order valence-electron chi connectivity index (χ0n) is 19.0. The highest BCUT2D eigenvalue weighted by Gasteiger charge is 2.23. The number of carboxylic acid groups (broad SMARTS) is 1. The van der Waals surface area contributed by atoms with E-state index >= 15 is 0 Å². The number of unbranched alkanes of at least 4 members (excludes halogenated alkanes) is 7. The van der Waals surface area contributed by atoms with Crippen molar-refractivity contribution in [2.24, 2.45) is 0 Å². The van der Waals surface area contributed by atoms with Gasteiger partial charge in [-0.3, -0.25) is 19.3 Å². The van der Waals surface area contributed by atoms with Gasteiger partial charge in [-0.1, -0.05) is 75.8 Å². The summed E-state index contributed by atoms with van der Waals surface area (Å²) >= 11 is 1.00. The summed E-state index contributed by atoms with van der Waals surface area (Å²) in [7, 11) is 0. The minimum Gasteiger partial charge on any atom is -0.480 e. The zero-order valence-corrected chi connectivity index (χ0v) is 19.8. The summed E-state index contributed by atoms with van der Waals surface area (Å²) in [4.78, 5) is 37.6. The molecular weight excluding hydrogens is 398 g/mol. The van der Waals surface area contributed by atoms with Crippen LogP contribution < -0.4 is 4.90 Å². The molecule has 0 heterocycles. The summed E-state index contributed by atoms with van der Waals surface area (Å²) < 4.78 is 0. The topological polar surface area (TPSA) is 74.7 Å². The van der Waals surface area contributed by atoms with E-state index in [4.69, 9.17) is 0 Å². The lowest BCUT2D eigenvalue weighted by Crippen LogP contribution is -2.38. The second-order valence-electron chi connectivity index (χ2n) is 7.93. The highest BCUT2D eigenvalue weighted by Crippen LogP contribution is 2.28. The fraction of sp³-hybridized carbons (Fsp3) is 0.625. The number of aliphatic carboxylic acids is 1. The molecule has 1 aromatic carbocycles. The van der Waals surface area contributed by atoms with E-state index in [1.165, 1.54) is 37.0 Å². The van der Waals surface area contributed by atoms with Gasteiger partial charge in [-0.25, -0.2) is 0 Å². The van der Waals surface area contributed by atoms with Crippen LogP contribution in [0.3, 0.4) is 0 Å². The molecule has 5 nitrogen and oxygen atoms in total. The number of carbonyl (C=O) groups is 3. The van der Waals surface area contributed by atoms with Gasteiger partial charge in [-0.2, -0.15) is 0 Å². The Morgan fingerprint density at radius 1 is 0.900 bits per heavy atom. The monoisotopic (exact) mass is 435 g/mol. The van der Waals surface area contributed by atoms with E-state index in [2.05, 4.69) is 6.92 Å². The average Bonchev–Trinajstić information content (AvgIpc) is 2.70. The van der Waals surface area contributed by atoms with E-state index in [9.17, 15) is 19.5 Å². The molecule has 6 heteroatoms. The molecule has 0 aromatic heterocycles. The lowest BCUT2D eigenvalue weighted by atomic mass is 10.0. The van der Waals surface area contributed by atoms with Gasteiger partial charge in [0, 0.05) is 6.42 Å². The second-order valence-corrected chi connectivity index (χ2v) is 8.96. The fourth-order valence-corrected chi connectivity index (χ4v) is 4.20. The zero-order chi connectivity index (χ0) is 22.5. The second kappa shape index (κ2) is 14.2. The number of thioether (sulfide) groups is 1. The Bertz CT molecular complexity index is 717. The van der Waals surface area contributed by atoms with Crippen LogP contribution in [-0.4, -0.2) is 34.4 Å². The van der Waals surface area contributed by atoms with E-state index in [0.29, 0.717) is 12.1 Å². The third-order valence-corrected chi connectivity index (χ3v) is 6.28. The first-order valence-corrected chi connectivity index (χ1v) is 12.0. The molecule has 1 N–H and O–H groups in total. The highest BCUT2D eigenvalue weighted by atomic mass is 32.2. The van der Waals surface area contributed by atoms with Gasteiger partial charge < -0.3 is 5.11 Å².